The van der Waals surface area contributed by atoms with E-state index in [0.717, 1.165) is 0 Å². The number of hydrogen-bond donors (Lipinski definition) is 1. The van der Waals surface area contributed by atoms with Gasteiger partial charge in [-0.15, -0.1) is 0 Å². The standard InChI is InChI=1S/C13H19N/c1-10(14)12-8-7-11-5-3-2-4-6-13(11)9-12/h7-10H,2-6,14H2,1H3. The van der Waals surface area contributed by atoms with Crippen LogP contribution >= 0.6 is 0 Å². The van der Waals surface area contributed by atoms with E-state index in [4.69, 9.17) is 5.73 Å². The van der Waals surface area contributed by atoms with E-state index in [1.54, 1.807) is 5.56 Å². The van der Waals surface area contributed by atoms with Gasteiger partial charge in [-0.25, -0.2) is 0 Å². The van der Waals surface area contributed by atoms with Crippen molar-refractivity contribution in [1.29, 1.82) is 0 Å². The third kappa shape index (κ3) is 1.98. The first-order valence-electron chi connectivity index (χ1n) is 5.64. The van der Waals surface area contributed by atoms with Crippen LogP contribution in [0.5, 0.6) is 0 Å². The van der Waals surface area contributed by atoms with Crippen LogP contribution in [0, 0.1) is 0 Å². The molecule has 0 radical (unpaired) electrons. The van der Waals surface area contributed by atoms with Crippen molar-refractivity contribution in [3.05, 3.63) is 34.9 Å². The molecule has 0 saturated carbocycles. The topological polar surface area (TPSA) is 26.0 Å². The highest BCUT2D eigenvalue weighted by atomic mass is 14.6. The monoisotopic (exact) mass is 189 g/mol. The third-order valence-electron chi connectivity index (χ3n) is 3.15. The normalized spacial score (nSPS) is 18.4. The van der Waals surface area contributed by atoms with Crippen LogP contribution in [0.25, 0.3) is 0 Å². The van der Waals surface area contributed by atoms with Crippen molar-refractivity contribution in [2.45, 2.75) is 45.1 Å². The molecular weight excluding hydrogens is 170 g/mol. The predicted molar refractivity (Wildman–Crippen MR) is 60.3 cm³/mol. The van der Waals surface area contributed by atoms with Gasteiger partial charge in [0.05, 0.1) is 0 Å². The Balaban J connectivity index is 2.32. The van der Waals surface area contributed by atoms with Crippen molar-refractivity contribution in [3.8, 4) is 0 Å². The summed E-state index contributed by atoms with van der Waals surface area (Å²) in [4.78, 5) is 0. The van der Waals surface area contributed by atoms with Gasteiger partial charge in [-0.1, -0.05) is 24.6 Å². The fourth-order valence-corrected chi connectivity index (χ4v) is 2.21. The SMILES string of the molecule is CC(N)c1ccc2c(c1)CCCCC2. The van der Waals surface area contributed by atoms with Gasteiger partial charge in [-0.05, 0) is 49.3 Å². The van der Waals surface area contributed by atoms with Crippen molar-refractivity contribution in [2.24, 2.45) is 5.73 Å². The van der Waals surface area contributed by atoms with E-state index in [1.165, 1.54) is 43.2 Å². The van der Waals surface area contributed by atoms with E-state index in [2.05, 4.69) is 25.1 Å². The van der Waals surface area contributed by atoms with Crippen LogP contribution in [0.3, 0.4) is 0 Å². The van der Waals surface area contributed by atoms with E-state index in [0.29, 0.717) is 0 Å². The average Bonchev–Trinajstić information content (AvgIpc) is 2.41. The van der Waals surface area contributed by atoms with Crippen LogP contribution in [-0.2, 0) is 12.8 Å². The molecule has 1 unspecified atom stereocenters. The second-order valence-corrected chi connectivity index (χ2v) is 4.38. The van der Waals surface area contributed by atoms with E-state index >= 15 is 0 Å². The zero-order valence-electron chi connectivity index (χ0n) is 8.92. The lowest BCUT2D eigenvalue weighted by atomic mass is 9.98. The number of hydrogen-bond acceptors (Lipinski definition) is 1. The molecule has 0 aromatic heterocycles. The van der Waals surface area contributed by atoms with Crippen molar-refractivity contribution in [2.75, 3.05) is 0 Å². The lowest BCUT2D eigenvalue weighted by Crippen LogP contribution is -2.06. The molecule has 0 aliphatic heterocycles. The molecule has 1 heteroatoms. The first kappa shape index (κ1) is 9.72. The molecule has 1 aliphatic carbocycles. The molecular formula is C13H19N. The fourth-order valence-electron chi connectivity index (χ4n) is 2.21. The molecule has 1 aliphatic rings. The zero-order chi connectivity index (χ0) is 9.97. The minimum atomic E-state index is 0.170. The van der Waals surface area contributed by atoms with E-state index in [-0.39, 0.29) is 6.04 Å². The Hall–Kier alpha value is -0.820. The lowest BCUT2D eigenvalue weighted by Gasteiger charge is -2.10. The molecule has 0 spiro atoms. The molecule has 1 aromatic carbocycles. The second-order valence-electron chi connectivity index (χ2n) is 4.38. The molecule has 76 valence electrons. The summed E-state index contributed by atoms with van der Waals surface area (Å²) in [6.45, 7) is 2.05. The van der Waals surface area contributed by atoms with E-state index < -0.39 is 0 Å². The number of benzene rings is 1. The summed E-state index contributed by atoms with van der Waals surface area (Å²) in [5.41, 5.74) is 10.3. The Morgan fingerprint density at radius 2 is 1.79 bits per heavy atom. The predicted octanol–water partition coefficient (Wildman–Crippen LogP) is 2.98. The summed E-state index contributed by atoms with van der Waals surface area (Å²) in [6.07, 6.45) is 6.58. The average molecular weight is 189 g/mol. The van der Waals surface area contributed by atoms with Gasteiger partial charge in [0.15, 0.2) is 0 Å². The molecule has 1 nitrogen and oxygen atoms in total. The summed E-state index contributed by atoms with van der Waals surface area (Å²) in [7, 11) is 0. The van der Waals surface area contributed by atoms with Gasteiger partial charge in [0.2, 0.25) is 0 Å². The van der Waals surface area contributed by atoms with Crippen LogP contribution in [0.15, 0.2) is 18.2 Å². The highest BCUT2D eigenvalue weighted by Crippen LogP contribution is 2.23. The Morgan fingerprint density at radius 1 is 1.07 bits per heavy atom. The molecule has 0 heterocycles. The Kier molecular flexibility index (Phi) is 2.87. The van der Waals surface area contributed by atoms with Crippen molar-refractivity contribution >= 4 is 0 Å². The van der Waals surface area contributed by atoms with Crippen LogP contribution in [0.1, 0.15) is 48.9 Å². The van der Waals surface area contributed by atoms with Crippen LogP contribution < -0.4 is 5.73 Å². The molecule has 1 aromatic rings. The molecule has 0 bridgehead atoms. The van der Waals surface area contributed by atoms with E-state index in [9.17, 15) is 0 Å². The van der Waals surface area contributed by atoms with Gasteiger partial charge in [0, 0.05) is 6.04 Å². The maximum absolute atomic E-state index is 5.89. The summed E-state index contributed by atoms with van der Waals surface area (Å²) in [5.74, 6) is 0. The number of fused-ring (bicyclic) bond motifs is 1. The Morgan fingerprint density at radius 3 is 2.50 bits per heavy atom. The summed E-state index contributed by atoms with van der Waals surface area (Å²) >= 11 is 0. The molecule has 0 saturated heterocycles. The number of rotatable bonds is 1. The van der Waals surface area contributed by atoms with Crippen LogP contribution in [0.2, 0.25) is 0 Å². The van der Waals surface area contributed by atoms with Gasteiger partial charge in [0.25, 0.3) is 0 Å². The maximum atomic E-state index is 5.89. The summed E-state index contributed by atoms with van der Waals surface area (Å²) in [6, 6.07) is 6.95. The largest absolute Gasteiger partial charge is 0.324 e. The Labute approximate surface area is 86.3 Å². The van der Waals surface area contributed by atoms with Gasteiger partial charge < -0.3 is 5.73 Å². The summed E-state index contributed by atoms with van der Waals surface area (Å²) < 4.78 is 0. The van der Waals surface area contributed by atoms with Crippen molar-refractivity contribution in [1.82, 2.24) is 0 Å². The van der Waals surface area contributed by atoms with Gasteiger partial charge >= 0.3 is 0 Å². The highest BCUT2D eigenvalue weighted by Gasteiger charge is 2.09. The molecule has 2 N–H and O–H groups in total. The molecule has 2 rings (SSSR count). The van der Waals surface area contributed by atoms with Crippen molar-refractivity contribution < 1.29 is 0 Å². The fraction of sp³-hybridized carbons (Fsp3) is 0.538. The van der Waals surface area contributed by atoms with Crippen LogP contribution in [-0.4, -0.2) is 0 Å². The lowest BCUT2D eigenvalue weighted by molar-refractivity contribution is 0.711. The molecule has 1 atom stereocenters. The smallest absolute Gasteiger partial charge is 0.0266 e. The quantitative estimate of drug-likeness (QED) is 0.675. The third-order valence-corrected chi connectivity index (χ3v) is 3.15. The molecule has 14 heavy (non-hydrogen) atoms. The van der Waals surface area contributed by atoms with Crippen LogP contribution in [0.4, 0.5) is 0 Å². The maximum Gasteiger partial charge on any atom is 0.0266 e. The minimum Gasteiger partial charge on any atom is -0.324 e. The second kappa shape index (κ2) is 4.14. The van der Waals surface area contributed by atoms with Crippen molar-refractivity contribution in [3.63, 3.8) is 0 Å². The van der Waals surface area contributed by atoms with Gasteiger partial charge in [0.1, 0.15) is 0 Å². The first-order chi connectivity index (χ1) is 6.77. The highest BCUT2D eigenvalue weighted by molar-refractivity contribution is 5.34. The first-order valence-corrected chi connectivity index (χ1v) is 5.64. The zero-order valence-corrected chi connectivity index (χ0v) is 8.92. The minimum absolute atomic E-state index is 0.170. The number of nitrogens with two attached hydrogens (primary N) is 1. The summed E-state index contributed by atoms with van der Waals surface area (Å²) in [5, 5.41) is 0. The Bertz CT molecular complexity index is 315. The molecule has 0 amide bonds. The van der Waals surface area contributed by atoms with E-state index in [1.807, 2.05) is 0 Å². The molecule has 0 fully saturated rings. The van der Waals surface area contributed by atoms with Gasteiger partial charge in [-0.2, -0.15) is 0 Å². The number of aryl methyl sites for hydroxylation is 2. The van der Waals surface area contributed by atoms with Gasteiger partial charge in [-0.3, -0.25) is 0 Å².